The van der Waals surface area contributed by atoms with Gasteiger partial charge in [0.2, 0.25) is 0 Å². The maximum absolute atomic E-state index is 14.5. The highest BCUT2D eigenvalue weighted by Gasteiger charge is 2.42. The standard InChI is InChI=1S/C41H44F3N3O4/c1-41(2,3)51-40(49)45-35(24-27-8-5-4-6-9-27)39(48)50-38(28-11-13-29(42)14-12-28)10-7-22-46-23-21-37-34(26-46)33-25-31(44)17-20-36(33)47(37)32-18-15-30(43)16-19-32/h4-6,8-9,11-20,25,34-35,37-38H,7,10,21-24,26H2,1-3H3,(H,45,49)/t34?,35?,37-,38?/m1/s1. The van der Waals surface area contributed by atoms with E-state index in [-0.39, 0.29) is 30.0 Å². The normalized spacial score (nSPS) is 18.4. The number of piperidine rings is 1. The largest absolute Gasteiger partial charge is 0.456 e. The molecule has 1 fully saturated rings. The second-order valence-corrected chi connectivity index (χ2v) is 14.3. The lowest BCUT2D eigenvalue weighted by Gasteiger charge is -2.39. The van der Waals surface area contributed by atoms with Gasteiger partial charge in [0.1, 0.15) is 35.2 Å². The number of amides is 1. The molecule has 4 atom stereocenters. The van der Waals surface area contributed by atoms with E-state index in [1.165, 1.54) is 30.3 Å². The number of ether oxygens (including phenoxy) is 2. The predicted octanol–water partition coefficient (Wildman–Crippen LogP) is 8.61. The minimum atomic E-state index is -1.02. The topological polar surface area (TPSA) is 71.1 Å². The molecular weight excluding hydrogens is 655 g/mol. The van der Waals surface area contributed by atoms with Gasteiger partial charge in [0.05, 0.1) is 0 Å². The van der Waals surface area contributed by atoms with Gasteiger partial charge >= 0.3 is 12.1 Å². The van der Waals surface area contributed by atoms with Crippen LogP contribution in [0.5, 0.6) is 0 Å². The third-order valence-corrected chi connectivity index (χ3v) is 9.44. The first-order chi connectivity index (χ1) is 24.4. The van der Waals surface area contributed by atoms with Crippen LogP contribution in [0.1, 0.15) is 68.7 Å². The Labute approximate surface area is 297 Å². The van der Waals surface area contributed by atoms with Gasteiger partial charge in [-0.2, -0.15) is 0 Å². The second-order valence-electron chi connectivity index (χ2n) is 14.3. The van der Waals surface area contributed by atoms with Crippen LogP contribution in [0.3, 0.4) is 0 Å². The summed E-state index contributed by atoms with van der Waals surface area (Å²) in [7, 11) is 0. The molecule has 51 heavy (non-hydrogen) atoms. The van der Waals surface area contributed by atoms with Gasteiger partial charge in [-0.25, -0.2) is 22.8 Å². The van der Waals surface area contributed by atoms with E-state index in [9.17, 15) is 22.8 Å². The summed E-state index contributed by atoms with van der Waals surface area (Å²) < 4.78 is 53.8. The number of carbonyl (C=O) groups is 2. The lowest BCUT2D eigenvalue weighted by Crippen LogP contribution is -2.46. The molecular formula is C41H44F3N3O4. The van der Waals surface area contributed by atoms with E-state index >= 15 is 0 Å². The summed E-state index contributed by atoms with van der Waals surface area (Å²) in [6.45, 7) is 7.44. The van der Waals surface area contributed by atoms with E-state index in [1.54, 1.807) is 57.2 Å². The molecule has 0 saturated carbocycles. The summed E-state index contributed by atoms with van der Waals surface area (Å²) >= 11 is 0. The first-order valence-corrected chi connectivity index (χ1v) is 17.5. The molecule has 0 bridgehead atoms. The Bertz CT molecular complexity index is 1800. The predicted molar refractivity (Wildman–Crippen MR) is 190 cm³/mol. The molecule has 0 radical (unpaired) electrons. The minimum absolute atomic E-state index is 0.0536. The zero-order valence-electron chi connectivity index (χ0n) is 29.2. The van der Waals surface area contributed by atoms with Gasteiger partial charge in [0.15, 0.2) is 0 Å². The number of hydrogen-bond donors (Lipinski definition) is 1. The highest BCUT2D eigenvalue weighted by molar-refractivity contribution is 5.82. The van der Waals surface area contributed by atoms with Crippen LogP contribution in [-0.2, 0) is 20.7 Å². The molecule has 2 heterocycles. The number of alkyl carbamates (subject to hydrolysis) is 1. The van der Waals surface area contributed by atoms with Crippen molar-refractivity contribution >= 4 is 23.4 Å². The molecule has 268 valence electrons. The van der Waals surface area contributed by atoms with E-state index in [4.69, 9.17) is 9.47 Å². The number of fused-ring (bicyclic) bond motifs is 3. The minimum Gasteiger partial charge on any atom is -0.456 e. The Morgan fingerprint density at radius 1 is 0.882 bits per heavy atom. The van der Waals surface area contributed by atoms with E-state index < -0.39 is 35.6 Å². The smallest absolute Gasteiger partial charge is 0.408 e. The molecule has 2 aliphatic heterocycles. The van der Waals surface area contributed by atoms with Gasteiger partial charge in [-0.05, 0) is 118 Å². The number of nitrogens with one attached hydrogen (secondary N) is 1. The summed E-state index contributed by atoms with van der Waals surface area (Å²) in [6.07, 6.45) is 0.722. The molecule has 1 N–H and O–H groups in total. The fraction of sp³-hybridized carbons (Fsp3) is 0.366. The fourth-order valence-corrected chi connectivity index (χ4v) is 7.16. The van der Waals surface area contributed by atoms with Crippen molar-refractivity contribution in [1.29, 1.82) is 0 Å². The average Bonchev–Trinajstić information content (AvgIpc) is 3.40. The summed E-state index contributed by atoms with van der Waals surface area (Å²) in [6, 6.07) is 25.6. The van der Waals surface area contributed by atoms with Crippen molar-refractivity contribution in [3.05, 3.63) is 131 Å². The zero-order chi connectivity index (χ0) is 36.1. The highest BCUT2D eigenvalue weighted by atomic mass is 19.1. The number of likely N-dealkylation sites (tertiary alicyclic amines) is 1. The highest BCUT2D eigenvalue weighted by Crippen LogP contribution is 2.48. The Balaban J connectivity index is 1.14. The Kier molecular flexibility index (Phi) is 11.0. The molecule has 4 aromatic carbocycles. The van der Waals surface area contributed by atoms with Crippen molar-refractivity contribution < 1.29 is 32.2 Å². The average molecular weight is 700 g/mol. The fourth-order valence-electron chi connectivity index (χ4n) is 7.16. The number of benzene rings is 4. The van der Waals surface area contributed by atoms with Crippen molar-refractivity contribution in [2.75, 3.05) is 24.5 Å². The van der Waals surface area contributed by atoms with Crippen LogP contribution >= 0.6 is 0 Å². The number of hydrogen-bond acceptors (Lipinski definition) is 6. The van der Waals surface area contributed by atoms with E-state index in [0.717, 1.165) is 35.5 Å². The van der Waals surface area contributed by atoms with Crippen molar-refractivity contribution in [3.8, 4) is 0 Å². The maximum Gasteiger partial charge on any atom is 0.408 e. The Morgan fingerprint density at radius 3 is 2.24 bits per heavy atom. The quantitative estimate of drug-likeness (QED) is 0.158. The van der Waals surface area contributed by atoms with Crippen LogP contribution < -0.4 is 10.2 Å². The summed E-state index contributed by atoms with van der Waals surface area (Å²) in [5.41, 5.74) is 3.48. The first kappa shape index (κ1) is 36.0. The monoisotopic (exact) mass is 699 g/mol. The molecule has 0 spiro atoms. The number of esters is 1. The number of rotatable bonds is 11. The van der Waals surface area contributed by atoms with Gasteiger partial charge in [0.25, 0.3) is 0 Å². The van der Waals surface area contributed by atoms with Crippen LogP contribution in [0.15, 0.2) is 97.1 Å². The van der Waals surface area contributed by atoms with Crippen LogP contribution in [0, 0.1) is 17.5 Å². The lowest BCUT2D eigenvalue weighted by molar-refractivity contribution is -0.152. The molecule has 10 heteroatoms. The molecule has 6 rings (SSSR count). The molecule has 4 aromatic rings. The van der Waals surface area contributed by atoms with Gasteiger partial charge < -0.3 is 24.6 Å². The van der Waals surface area contributed by atoms with E-state index in [0.29, 0.717) is 31.5 Å². The van der Waals surface area contributed by atoms with Crippen LogP contribution in [-0.4, -0.2) is 54.3 Å². The first-order valence-electron chi connectivity index (χ1n) is 17.5. The van der Waals surface area contributed by atoms with Gasteiger partial charge in [-0.15, -0.1) is 0 Å². The third-order valence-electron chi connectivity index (χ3n) is 9.44. The molecule has 7 nitrogen and oxygen atoms in total. The Hall–Kier alpha value is -4.83. The van der Waals surface area contributed by atoms with Crippen molar-refractivity contribution in [2.45, 2.75) is 76.2 Å². The number of carbonyl (C=O) groups excluding carboxylic acids is 2. The van der Waals surface area contributed by atoms with Gasteiger partial charge in [0, 0.05) is 42.8 Å². The SMILES string of the molecule is CC(C)(C)OC(=O)NC(Cc1ccccc1)C(=O)OC(CCCN1CC[C@@H]2C(C1)c1cc(F)ccc1N2c1ccc(F)cc1)c1ccc(F)cc1. The zero-order valence-corrected chi connectivity index (χ0v) is 29.2. The molecule has 3 unspecified atom stereocenters. The van der Waals surface area contributed by atoms with Gasteiger partial charge in [-0.3, -0.25) is 0 Å². The van der Waals surface area contributed by atoms with Crippen LogP contribution in [0.4, 0.5) is 29.3 Å². The summed E-state index contributed by atoms with van der Waals surface area (Å²) in [4.78, 5) is 31.1. The van der Waals surface area contributed by atoms with Gasteiger partial charge in [-0.1, -0.05) is 42.5 Å². The van der Waals surface area contributed by atoms with Crippen molar-refractivity contribution in [2.24, 2.45) is 0 Å². The summed E-state index contributed by atoms with van der Waals surface area (Å²) in [5, 5.41) is 2.69. The number of anilines is 2. The molecule has 2 aliphatic rings. The lowest BCUT2D eigenvalue weighted by atomic mass is 9.88. The molecule has 1 amide bonds. The number of nitrogens with zero attached hydrogens (tertiary/aromatic N) is 2. The Morgan fingerprint density at radius 2 is 1.55 bits per heavy atom. The maximum atomic E-state index is 14.5. The summed E-state index contributed by atoms with van der Waals surface area (Å²) in [5.74, 6) is -1.56. The molecule has 0 aromatic heterocycles. The third kappa shape index (κ3) is 9.10. The van der Waals surface area contributed by atoms with E-state index in [1.807, 2.05) is 30.3 Å². The van der Waals surface area contributed by atoms with Crippen molar-refractivity contribution in [1.82, 2.24) is 10.2 Å². The second kappa shape index (κ2) is 15.6. The molecule has 0 aliphatic carbocycles. The van der Waals surface area contributed by atoms with Crippen LogP contribution in [0.2, 0.25) is 0 Å². The van der Waals surface area contributed by atoms with Crippen LogP contribution in [0.25, 0.3) is 0 Å². The molecule has 1 saturated heterocycles. The van der Waals surface area contributed by atoms with Crippen molar-refractivity contribution in [3.63, 3.8) is 0 Å². The van der Waals surface area contributed by atoms with E-state index in [2.05, 4.69) is 15.1 Å². The number of halogens is 3.